The van der Waals surface area contributed by atoms with Gasteiger partial charge >= 0.3 is 0 Å². The van der Waals surface area contributed by atoms with Gasteiger partial charge in [0.25, 0.3) is 5.91 Å². The van der Waals surface area contributed by atoms with Crippen molar-refractivity contribution in [3.05, 3.63) is 23.8 Å². The average molecular weight is 271 g/mol. The third-order valence-electron chi connectivity index (χ3n) is 2.40. The molecule has 0 aliphatic rings. The molecule has 1 aromatic rings. The van der Waals surface area contributed by atoms with Crippen LogP contribution >= 0.6 is 0 Å². The summed E-state index contributed by atoms with van der Waals surface area (Å²) in [5.41, 5.74) is 0.150. The van der Waals surface area contributed by atoms with Crippen LogP contribution in [0.5, 0.6) is 11.5 Å². The van der Waals surface area contributed by atoms with E-state index < -0.39 is 16.7 Å². The average Bonchev–Trinajstić information content (AvgIpc) is 2.38. The second kappa shape index (κ2) is 7.00. The molecule has 0 aromatic heterocycles. The van der Waals surface area contributed by atoms with Gasteiger partial charge in [-0.25, -0.2) is 0 Å². The van der Waals surface area contributed by atoms with Gasteiger partial charge in [-0.1, -0.05) is 13.0 Å². The summed E-state index contributed by atoms with van der Waals surface area (Å²) in [6, 6.07) is 4.69. The molecule has 1 unspecified atom stereocenters. The molecule has 0 aliphatic heterocycles. The highest BCUT2D eigenvalue weighted by Crippen LogP contribution is 2.28. The van der Waals surface area contributed by atoms with Crippen molar-refractivity contribution in [1.29, 1.82) is 0 Å². The van der Waals surface area contributed by atoms with E-state index >= 15 is 0 Å². The minimum Gasteiger partial charge on any atom is -0.504 e. The van der Waals surface area contributed by atoms with Crippen LogP contribution in [0.2, 0.25) is 0 Å². The van der Waals surface area contributed by atoms with Gasteiger partial charge in [-0.05, 0) is 12.1 Å². The Kier molecular flexibility index (Phi) is 5.64. The van der Waals surface area contributed by atoms with Gasteiger partial charge in [0, 0.05) is 28.9 Å². The number of hydrogen-bond donors (Lipinski definition) is 2. The van der Waals surface area contributed by atoms with Crippen LogP contribution in [0.15, 0.2) is 18.2 Å². The van der Waals surface area contributed by atoms with E-state index in [-0.39, 0.29) is 17.1 Å². The van der Waals surface area contributed by atoms with E-state index in [1.807, 2.05) is 6.92 Å². The lowest BCUT2D eigenvalue weighted by Gasteiger charge is -2.09. The number of phenols is 1. The zero-order chi connectivity index (χ0) is 13.5. The van der Waals surface area contributed by atoms with E-state index in [1.165, 1.54) is 13.2 Å². The van der Waals surface area contributed by atoms with Gasteiger partial charge in [-0.2, -0.15) is 0 Å². The van der Waals surface area contributed by atoms with E-state index in [2.05, 4.69) is 5.32 Å². The molecule has 0 radical (unpaired) electrons. The van der Waals surface area contributed by atoms with Crippen LogP contribution in [-0.4, -0.2) is 40.4 Å². The zero-order valence-corrected chi connectivity index (χ0v) is 11.3. The first-order valence-electron chi connectivity index (χ1n) is 5.59. The Hall–Kier alpha value is -1.56. The lowest BCUT2D eigenvalue weighted by atomic mass is 10.1. The molecule has 100 valence electrons. The number of hydrogen-bond acceptors (Lipinski definition) is 4. The monoisotopic (exact) mass is 271 g/mol. The Balaban J connectivity index is 2.64. The quantitative estimate of drug-likeness (QED) is 0.806. The molecule has 0 saturated heterocycles. The van der Waals surface area contributed by atoms with E-state index in [0.717, 1.165) is 0 Å². The molecular formula is C12H17NO4S. The SMILES string of the molecule is CCS(=O)CCNC(=O)c1cccc(OC)c1O. The van der Waals surface area contributed by atoms with Gasteiger partial charge in [0.05, 0.1) is 12.7 Å². The van der Waals surface area contributed by atoms with Crippen molar-refractivity contribution in [1.82, 2.24) is 5.32 Å². The molecule has 0 fully saturated rings. The molecule has 1 amide bonds. The summed E-state index contributed by atoms with van der Waals surface area (Å²) in [5.74, 6) is 0.640. The van der Waals surface area contributed by atoms with Gasteiger partial charge in [0.1, 0.15) is 0 Å². The number of nitrogens with one attached hydrogen (secondary N) is 1. The maximum Gasteiger partial charge on any atom is 0.255 e. The standard InChI is InChI=1S/C12H17NO4S/c1-3-18(16)8-7-13-12(15)9-5-4-6-10(17-2)11(9)14/h4-6,14H,3,7-8H2,1-2H3,(H,13,15). The topological polar surface area (TPSA) is 75.6 Å². The Morgan fingerprint density at radius 1 is 1.50 bits per heavy atom. The van der Waals surface area contributed by atoms with Crippen molar-refractivity contribution in [2.75, 3.05) is 25.2 Å². The number of carbonyl (C=O) groups is 1. The van der Waals surface area contributed by atoms with E-state index in [4.69, 9.17) is 4.74 Å². The first kappa shape index (κ1) is 14.5. The third-order valence-corrected chi connectivity index (χ3v) is 3.70. The first-order valence-corrected chi connectivity index (χ1v) is 7.08. The molecule has 1 atom stereocenters. The molecule has 0 bridgehead atoms. The first-order chi connectivity index (χ1) is 8.60. The molecular weight excluding hydrogens is 254 g/mol. The molecule has 1 aromatic carbocycles. The number of carbonyl (C=O) groups excluding carboxylic acids is 1. The fraction of sp³-hybridized carbons (Fsp3) is 0.417. The summed E-state index contributed by atoms with van der Waals surface area (Å²) < 4.78 is 16.1. The van der Waals surface area contributed by atoms with Crippen molar-refractivity contribution in [2.24, 2.45) is 0 Å². The molecule has 6 heteroatoms. The lowest BCUT2D eigenvalue weighted by Crippen LogP contribution is -2.28. The van der Waals surface area contributed by atoms with Crippen LogP contribution in [0.25, 0.3) is 0 Å². The van der Waals surface area contributed by atoms with Crippen molar-refractivity contribution in [3.8, 4) is 11.5 Å². The van der Waals surface area contributed by atoms with Crippen LogP contribution in [-0.2, 0) is 10.8 Å². The minimum atomic E-state index is -0.913. The number of phenolic OH excluding ortho intramolecular Hbond substituents is 1. The second-order valence-electron chi connectivity index (χ2n) is 3.54. The maximum atomic E-state index is 11.8. The highest BCUT2D eigenvalue weighted by Gasteiger charge is 2.14. The fourth-order valence-corrected chi connectivity index (χ4v) is 2.01. The summed E-state index contributed by atoms with van der Waals surface area (Å²) in [4.78, 5) is 11.8. The summed E-state index contributed by atoms with van der Waals surface area (Å²) in [6.45, 7) is 2.14. The van der Waals surface area contributed by atoms with E-state index in [9.17, 15) is 14.1 Å². The third kappa shape index (κ3) is 3.73. The molecule has 2 N–H and O–H groups in total. The Bertz CT molecular complexity index is 448. The highest BCUT2D eigenvalue weighted by atomic mass is 32.2. The van der Waals surface area contributed by atoms with E-state index in [0.29, 0.717) is 18.1 Å². The summed E-state index contributed by atoms with van der Waals surface area (Å²) >= 11 is 0. The smallest absolute Gasteiger partial charge is 0.255 e. The second-order valence-corrected chi connectivity index (χ2v) is 5.41. The number of amides is 1. The largest absolute Gasteiger partial charge is 0.504 e. The molecule has 0 spiro atoms. The number of rotatable bonds is 6. The van der Waals surface area contributed by atoms with Crippen molar-refractivity contribution < 1.29 is 18.8 Å². The summed E-state index contributed by atoms with van der Waals surface area (Å²) in [7, 11) is 0.505. The normalized spacial score (nSPS) is 11.9. The zero-order valence-electron chi connectivity index (χ0n) is 10.4. The van der Waals surface area contributed by atoms with E-state index in [1.54, 1.807) is 12.1 Å². The van der Waals surface area contributed by atoms with Crippen LogP contribution in [0.4, 0.5) is 0 Å². The molecule has 5 nitrogen and oxygen atoms in total. The number of aromatic hydroxyl groups is 1. The van der Waals surface area contributed by atoms with Gasteiger partial charge in [0.2, 0.25) is 0 Å². The molecule has 1 rings (SSSR count). The minimum absolute atomic E-state index is 0.150. The Labute approximate surface area is 109 Å². The van der Waals surface area contributed by atoms with Gasteiger partial charge in [0.15, 0.2) is 11.5 Å². The molecule has 0 heterocycles. The Morgan fingerprint density at radius 3 is 2.83 bits per heavy atom. The molecule has 0 aliphatic carbocycles. The molecule has 18 heavy (non-hydrogen) atoms. The van der Waals surface area contributed by atoms with Crippen molar-refractivity contribution in [2.45, 2.75) is 6.92 Å². The highest BCUT2D eigenvalue weighted by molar-refractivity contribution is 7.84. The maximum absolute atomic E-state index is 11.8. The fourth-order valence-electron chi connectivity index (χ4n) is 1.39. The number of para-hydroxylation sites is 1. The van der Waals surface area contributed by atoms with Gasteiger partial charge < -0.3 is 15.2 Å². The van der Waals surface area contributed by atoms with Crippen LogP contribution in [0.1, 0.15) is 17.3 Å². The predicted molar refractivity (Wildman–Crippen MR) is 70.5 cm³/mol. The molecule has 0 saturated carbocycles. The summed E-state index contributed by atoms with van der Waals surface area (Å²) in [6.07, 6.45) is 0. The van der Waals surface area contributed by atoms with Crippen LogP contribution in [0, 0.1) is 0 Å². The number of methoxy groups -OCH3 is 1. The van der Waals surface area contributed by atoms with Gasteiger partial charge in [-0.15, -0.1) is 0 Å². The number of ether oxygens (including phenoxy) is 1. The van der Waals surface area contributed by atoms with Crippen LogP contribution < -0.4 is 10.1 Å². The Morgan fingerprint density at radius 2 is 2.22 bits per heavy atom. The van der Waals surface area contributed by atoms with Gasteiger partial charge in [-0.3, -0.25) is 9.00 Å². The summed E-state index contributed by atoms with van der Waals surface area (Å²) in [5, 5.41) is 12.4. The number of benzene rings is 1. The predicted octanol–water partition coefficient (Wildman–Crippen LogP) is 0.899. The van der Waals surface area contributed by atoms with Crippen molar-refractivity contribution in [3.63, 3.8) is 0 Å². The lowest BCUT2D eigenvalue weighted by molar-refractivity contribution is 0.0953. The van der Waals surface area contributed by atoms with Crippen molar-refractivity contribution >= 4 is 16.7 Å². The van der Waals surface area contributed by atoms with Crippen LogP contribution in [0.3, 0.4) is 0 Å².